The van der Waals surface area contributed by atoms with E-state index in [1.165, 1.54) is 11.3 Å². The van der Waals surface area contributed by atoms with Crippen molar-refractivity contribution in [3.8, 4) is 10.6 Å². The summed E-state index contributed by atoms with van der Waals surface area (Å²) < 4.78 is 5.77. The van der Waals surface area contributed by atoms with E-state index in [0.29, 0.717) is 5.13 Å². The molecule has 20 heavy (non-hydrogen) atoms. The molecule has 3 rings (SSSR count). The molecular formula is C14H19N3OS2. The number of anilines is 1. The minimum absolute atomic E-state index is 0.0128. The number of ether oxygens (including phenoxy) is 1. The van der Waals surface area contributed by atoms with Crippen molar-refractivity contribution in [1.29, 1.82) is 0 Å². The summed E-state index contributed by atoms with van der Waals surface area (Å²) in [6.07, 6.45) is 2.34. The normalized spacial score (nSPS) is 19.6. The summed E-state index contributed by atoms with van der Waals surface area (Å²) in [6.45, 7) is 7.38. The molecule has 1 fully saturated rings. The molecule has 0 aliphatic carbocycles. The fraction of sp³-hybridized carbons (Fsp3) is 0.571. The maximum absolute atomic E-state index is 5.77. The first-order chi connectivity index (χ1) is 9.45. The second-order valence-electron chi connectivity index (χ2n) is 6.05. The van der Waals surface area contributed by atoms with Crippen LogP contribution in [0.4, 0.5) is 5.13 Å². The Balaban J connectivity index is 2.06. The van der Waals surface area contributed by atoms with Gasteiger partial charge in [0.1, 0.15) is 11.1 Å². The molecular weight excluding hydrogens is 290 g/mol. The van der Waals surface area contributed by atoms with E-state index in [0.717, 1.165) is 40.7 Å². The van der Waals surface area contributed by atoms with Crippen LogP contribution in [-0.4, -0.2) is 16.6 Å². The number of nitrogens with zero attached hydrogens (tertiary/aromatic N) is 2. The zero-order valence-corrected chi connectivity index (χ0v) is 13.6. The first-order valence-corrected chi connectivity index (χ1v) is 8.49. The number of aromatic nitrogens is 2. The van der Waals surface area contributed by atoms with Crippen LogP contribution in [-0.2, 0) is 10.2 Å². The van der Waals surface area contributed by atoms with Crippen molar-refractivity contribution >= 4 is 27.8 Å². The first-order valence-electron chi connectivity index (χ1n) is 6.79. The second kappa shape index (κ2) is 5.09. The third-order valence-electron chi connectivity index (χ3n) is 3.31. The largest absolute Gasteiger partial charge is 0.375 e. The predicted octanol–water partition coefficient (Wildman–Crippen LogP) is 4.00. The summed E-state index contributed by atoms with van der Waals surface area (Å²) in [4.78, 5) is 10.4. The molecule has 0 amide bonds. The van der Waals surface area contributed by atoms with E-state index in [9.17, 15) is 0 Å². The highest BCUT2D eigenvalue weighted by Gasteiger charge is 2.29. The molecule has 0 bridgehead atoms. The molecule has 2 aromatic heterocycles. The van der Waals surface area contributed by atoms with Crippen molar-refractivity contribution in [1.82, 2.24) is 9.97 Å². The van der Waals surface area contributed by atoms with Crippen LogP contribution < -0.4 is 5.73 Å². The molecule has 1 unspecified atom stereocenters. The van der Waals surface area contributed by atoms with Gasteiger partial charge in [0.05, 0.1) is 16.3 Å². The quantitative estimate of drug-likeness (QED) is 0.911. The van der Waals surface area contributed by atoms with E-state index < -0.39 is 0 Å². The van der Waals surface area contributed by atoms with Gasteiger partial charge in [-0.3, -0.25) is 0 Å². The summed E-state index contributed by atoms with van der Waals surface area (Å²) in [5, 5.41) is 3.69. The average molecular weight is 309 g/mol. The van der Waals surface area contributed by atoms with E-state index in [1.807, 2.05) is 5.38 Å². The number of hydrogen-bond donors (Lipinski definition) is 1. The summed E-state index contributed by atoms with van der Waals surface area (Å²) >= 11 is 3.18. The Morgan fingerprint density at radius 1 is 1.35 bits per heavy atom. The molecule has 1 aliphatic heterocycles. The summed E-state index contributed by atoms with van der Waals surface area (Å²) in [6, 6.07) is 0. The van der Waals surface area contributed by atoms with Gasteiger partial charge >= 0.3 is 0 Å². The third kappa shape index (κ3) is 2.60. The lowest BCUT2D eigenvalue weighted by molar-refractivity contribution is 0.111. The number of nitrogens with two attached hydrogens (primary N) is 1. The molecule has 6 heteroatoms. The van der Waals surface area contributed by atoms with Crippen LogP contribution in [0.25, 0.3) is 10.6 Å². The fourth-order valence-electron chi connectivity index (χ4n) is 2.32. The first kappa shape index (κ1) is 14.0. The van der Waals surface area contributed by atoms with Crippen LogP contribution in [0, 0.1) is 0 Å². The summed E-state index contributed by atoms with van der Waals surface area (Å²) in [5.74, 6) is 0. The third-order valence-corrected chi connectivity index (χ3v) is 5.16. The lowest BCUT2D eigenvalue weighted by Crippen LogP contribution is -2.13. The molecule has 2 aromatic rings. The van der Waals surface area contributed by atoms with Crippen LogP contribution in [0.5, 0.6) is 0 Å². The summed E-state index contributed by atoms with van der Waals surface area (Å²) in [5.41, 5.74) is 7.80. The number of hydrogen-bond acceptors (Lipinski definition) is 6. The molecule has 2 N–H and O–H groups in total. The highest BCUT2D eigenvalue weighted by molar-refractivity contribution is 7.16. The van der Waals surface area contributed by atoms with E-state index in [2.05, 4.69) is 25.8 Å². The lowest BCUT2D eigenvalue weighted by atomic mass is 9.91. The number of rotatable bonds is 2. The lowest BCUT2D eigenvalue weighted by Gasteiger charge is -2.17. The SMILES string of the molecule is CC(C)(C)c1nc(C2CCCO2)sc1-c1csc(N)n1. The summed E-state index contributed by atoms with van der Waals surface area (Å²) in [7, 11) is 0. The Kier molecular flexibility index (Phi) is 3.56. The average Bonchev–Trinajstić information content (AvgIpc) is 3.06. The van der Waals surface area contributed by atoms with E-state index in [4.69, 9.17) is 15.5 Å². The van der Waals surface area contributed by atoms with Gasteiger partial charge in [-0.25, -0.2) is 9.97 Å². The number of thiazole rings is 2. The standard InChI is InChI=1S/C14H19N3OS2/c1-14(2,3)11-10(8-7-19-13(15)16-8)20-12(17-11)9-5-4-6-18-9/h7,9H,4-6H2,1-3H3,(H2,15,16). The zero-order chi connectivity index (χ0) is 14.3. The zero-order valence-electron chi connectivity index (χ0n) is 12.0. The predicted molar refractivity (Wildman–Crippen MR) is 84.3 cm³/mol. The topological polar surface area (TPSA) is 61.0 Å². The van der Waals surface area contributed by atoms with Gasteiger partial charge in [-0.15, -0.1) is 22.7 Å². The van der Waals surface area contributed by atoms with Gasteiger partial charge in [-0.05, 0) is 12.8 Å². The van der Waals surface area contributed by atoms with Crippen molar-refractivity contribution in [3.63, 3.8) is 0 Å². The van der Waals surface area contributed by atoms with Gasteiger partial charge in [0.2, 0.25) is 0 Å². The Hall–Kier alpha value is -0.980. The highest BCUT2D eigenvalue weighted by atomic mass is 32.1. The van der Waals surface area contributed by atoms with Gasteiger partial charge in [0, 0.05) is 17.4 Å². The Morgan fingerprint density at radius 3 is 2.70 bits per heavy atom. The van der Waals surface area contributed by atoms with Crippen LogP contribution in [0.15, 0.2) is 5.38 Å². The molecule has 0 aromatic carbocycles. The van der Waals surface area contributed by atoms with E-state index >= 15 is 0 Å². The molecule has 1 aliphatic rings. The maximum atomic E-state index is 5.77. The van der Waals surface area contributed by atoms with Gasteiger partial charge in [-0.2, -0.15) is 0 Å². The minimum Gasteiger partial charge on any atom is -0.375 e. The Bertz CT molecular complexity index is 606. The molecule has 0 spiro atoms. The van der Waals surface area contributed by atoms with Gasteiger partial charge < -0.3 is 10.5 Å². The fourth-order valence-corrected chi connectivity index (χ4v) is 4.27. The Morgan fingerprint density at radius 2 is 2.15 bits per heavy atom. The van der Waals surface area contributed by atoms with Crippen molar-refractivity contribution in [2.45, 2.75) is 45.1 Å². The van der Waals surface area contributed by atoms with Crippen molar-refractivity contribution in [3.05, 3.63) is 16.1 Å². The van der Waals surface area contributed by atoms with Crippen LogP contribution in [0.3, 0.4) is 0 Å². The smallest absolute Gasteiger partial charge is 0.180 e. The minimum atomic E-state index is -0.0128. The monoisotopic (exact) mass is 309 g/mol. The van der Waals surface area contributed by atoms with Crippen LogP contribution in [0.1, 0.15) is 50.4 Å². The molecule has 1 atom stereocenters. The van der Waals surface area contributed by atoms with Crippen LogP contribution >= 0.6 is 22.7 Å². The molecule has 0 saturated carbocycles. The number of nitrogen functional groups attached to an aromatic ring is 1. The van der Waals surface area contributed by atoms with Crippen molar-refractivity contribution in [2.75, 3.05) is 12.3 Å². The van der Waals surface area contributed by atoms with E-state index in [1.54, 1.807) is 11.3 Å². The Labute approximate surface area is 127 Å². The molecule has 3 heterocycles. The van der Waals surface area contributed by atoms with Crippen LogP contribution in [0.2, 0.25) is 0 Å². The maximum Gasteiger partial charge on any atom is 0.180 e. The van der Waals surface area contributed by atoms with Gasteiger partial charge in [-0.1, -0.05) is 20.8 Å². The van der Waals surface area contributed by atoms with Gasteiger partial charge in [0.15, 0.2) is 5.13 Å². The van der Waals surface area contributed by atoms with Gasteiger partial charge in [0.25, 0.3) is 0 Å². The molecule has 0 radical (unpaired) electrons. The van der Waals surface area contributed by atoms with Crippen molar-refractivity contribution in [2.24, 2.45) is 0 Å². The van der Waals surface area contributed by atoms with Crippen molar-refractivity contribution < 1.29 is 4.74 Å². The van der Waals surface area contributed by atoms with E-state index in [-0.39, 0.29) is 11.5 Å². The molecule has 1 saturated heterocycles. The second-order valence-corrected chi connectivity index (χ2v) is 7.97. The highest BCUT2D eigenvalue weighted by Crippen LogP contribution is 2.42. The molecule has 4 nitrogen and oxygen atoms in total. The molecule has 108 valence electrons.